The summed E-state index contributed by atoms with van der Waals surface area (Å²) in [6, 6.07) is 11.5. The van der Waals surface area contributed by atoms with Crippen molar-refractivity contribution >= 4 is 39.8 Å². The van der Waals surface area contributed by atoms with E-state index in [-0.39, 0.29) is 11.4 Å². The number of carbonyl (C=O) groups is 1. The number of benzene rings is 2. The molecule has 0 aliphatic carbocycles. The Morgan fingerprint density at radius 1 is 1.00 bits per heavy atom. The molecule has 176 valence electrons. The topological polar surface area (TPSA) is 96.6 Å². The van der Waals surface area contributed by atoms with Crippen LogP contribution < -0.4 is 14.2 Å². The van der Waals surface area contributed by atoms with E-state index in [4.69, 9.17) is 19.6 Å². The molecule has 2 aromatic carbocycles. The maximum atomic E-state index is 12.5. The number of aryl methyl sites for hydroxylation is 2. The van der Waals surface area contributed by atoms with Crippen molar-refractivity contribution in [2.45, 2.75) is 27.7 Å². The van der Waals surface area contributed by atoms with Crippen molar-refractivity contribution in [2.75, 3.05) is 19.8 Å². The number of fused-ring (bicyclic) bond motifs is 1. The number of thioether (sulfide) groups is 1. The summed E-state index contributed by atoms with van der Waals surface area (Å²) in [5.74, 6) is 1.51. The Bertz CT molecular complexity index is 1240. The molecular weight excluding hydrogens is 452 g/mol. The van der Waals surface area contributed by atoms with E-state index in [1.54, 1.807) is 18.2 Å². The number of amidine groups is 2. The molecule has 0 saturated heterocycles. The van der Waals surface area contributed by atoms with Crippen molar-refractivity contribution in [2.24, 2.45) is 10.1 Å². The van der Waals surface area contributed by atoms with Gasteiger partial charge in [0.1, 0.15) is 19.0 Å². The molecule has 2 heterocycles. The number of nitrogens with one attached hydrogen (secondary N) is 1. The zero-order valence-electron chi connectivity index (χ0n) is 19.5. The first kappa shape index (κ1) is 23.6. The van der Waals surface area contributed by atoms with Crippen LogP contribution in [0.4, 0.5) is 0 Å². The highest BCUT2D eigenvalue weighted by Crippen LogP contribution is 2.32. The number of hydrogen-bond donors (Lipinski definition) is 1. The Labute approximate surface area is 202 Å². The van der Waals surface area contributed by atoms with Crippen molar-refractivity contribution in [3.63, 3.8) is 0 Å². The number of ether oxygens (including phenoxy) is 3. The number of hydrogen-bond acceptors (Lipinski definition) is 7. The fourth-order valence-electron chi connectivity index (χ4n) is 3.42. The van der Waals surface area contributed by atoms with Crippen molar-refractivity contribution < 1.29 is 19.0 Å². The average molecular weight is 479 g/mol. The predicted octanol–water partition coefficient (Wildman–Crippen LogP) is 4.80. The first-order chi connectivity index (χ1) is 16.4. The van der Waals surface area contributed by atoms with Gasteiger partial charge in [-0.05, 0) is 80.4 Å². The molecule has 1 N–H and O–H groups in total. The van der Waals surface area contributed by atoms with E-state index in [1.165, 1.54) is 16.8 Å². The lowest BCUT2D eigenvalue weighted by Gasteiger charge is -2.20. The summed E-state index contributed by atoms with van der Waals surface area (Å²) in [6.07, 6.45) is 1.62. The monoisotopic (exact) mass is 478 g/mol. The van der Waals surface area contributed by atoms with Gasteiger partial charge in [0.15, 0.2) is 17.3 Å². The minimum atomic E-state index is -0.462. The van der Waals surface area contributed by atoms with E-state index in [2.05, 4.69) is 16.2 Å². The van der Waals surface area contributed by atoms with E-state index in [1.807, 2.05) is 45.9 Å². The van der Waals surface area contributed by atoms with Gasteiger partial charge < -0.3 is 14.2 Å². The molecule has 9 heteroatoms. The molecule has 8 nitrogen and oxygen atoms in total. The zero-order valence-corrected chi connectivity index (χ0v) is 20.4. The predicted molar refractivity (Wildman–Crippen MR) is 135 cm³/mol. The van der Waals surface area contributed by atoms with E-state index < -0.39 is 5.91 Å². The molecule has 1 amide bonds. The molecule has 0 bridgehead atoms. The van der Waals surface area contributed by atoms with Crippen LogP contribution in [0.1, 0.15) is 30.5 Å². The van der Waals surface area contributed by atoms with Gasteiger partial charge in [0.25, 0.3) is 5.91 Å². The summed E-state index contributed by atoms with van der Waals surface area (Å²) in [5.41, 5.74) is 3.08. The first-order valence-corrected chi connectivity index (χ1v) is 11.7. The lowest BCUT2D eigenvalue weighted by molar-refractivity contribution is -0.114. The average Bonchev–Trinajstić information content (AvgIpc) is 3.18. The summed E-state index contributed by atoms with van der Waals surface area (Å²) < 4.78 is 17.5. The summed E-state index contributed by atoms with van der Waals surface area (Å²) in [7, 11) is 0. The standard InChI is InChI=1S/C25H26N4O4S/c1-5-31-22-14-18(13-19-23(26)29-25(27-24(19)30)34-17(4)28-29)8-9-20(22)32-10-11-33-21-12-15(2)6-7-16(21)3/h6-9,12-14,26H,5,10-11H2,1-4H3/b19-13-,26-23?. The van der Waals surface area contributed by atoms with E-state index in [0.29, 0.717) is 42.1 Å². The second-order valence-corrected chi connectivity index (χ2v) is 8.90. The molecule has 0 atom stereocenters. The summed E-state index contributed by atoms with van der Waals surface area (Å²) in [5, 5.41) is 15.2. The Hall–Kier alpha value is -3.59. The molecule has 34 heavy (non-hydrogen) atoms. The molecule has 0 fully saturated rings. The highest BCUT2D eigenvalue weighted by Gasteiger charge is 2.34. The smallest absolute Gasteiger partial charge is 0.283 e. The molecule has 2 aliphatic rings. The van der Waals surface area contributed by atoms with Gasteiger partial charge in [-0.1, -0.05) is 18.2 Å². The largest absolute Gasteiger partial charge is 0.490 e. The molecule has 2 aromatic rings. The highest BCUT2D eigenvalue weighted by atomic mass is 32.2. The minimum Gasteiger partial charge on any atom is -0.490 e. The van der Waals surface area contributed by atoms with Crippen LogP contribution in [-0.2, 0) is 4.79 Å². The summed E-state index contributed by atoms with van der Waals surface area (Å²) in [6.45, 7) is 8.93. The summed E-state index contributed by atoms with van der Waals surface area (Å²) in [4.78, 5) is 16.6. The third-order valence-corrected chi connectivity index (χ3v) is 5.90. The molecule has 4 rings (SSSR count). The number of rotatable bonds is 8. The first-order valence-electron chi connectivity index (χ1n) is 10.9. The number of carbonyl (C=O) groups excluding carboxylic acids is 1. The van der Waals surface area contributed by atoms with Crippen LogP contribution in [0.25, 0.3) is 6.08 Å². The normalized spacial score (nSPS) is 16.4. The van der Waals surface area contributed by atoms with Crippen molar-refractivity contribution in [3.8, 4) is 17.2 Å². The van der Waals surface area contributed by atoms with Crippen molar-refractivity contribution in [1.29, 1.82) is 5.41 Å². The Balaban J connectivity index is 1.46. The zero-order chi connectivity index (χ0) is 24.2. The van der Waals surface area contributed by atoms with E-state index in [0.717, 1.165) is 21.9 Å². The van der Waals surface area contributed by atoms with Crippen LogP contribution in [0.5, 0.6) is 17.2 Å². The van der Waals surface area contributed by atoms with Crippen molar-refractivity contribution in [3.05, 3.63) is 58.7 Å². The number of aliphatic imine (C=N–C) groups is 1. The number of hydrazone groups is 1. The maximum Gasteiger partial charge on any atom is 0.283 e. The van der Waals surface area contributed by atoms with Gasteiger partial charge in [-0.2, -0.15) is 15.1 Å². The van der Waals surface area contributed by atoms with Gasteiger partial charge in [-0.3, -0.25) is 10.2 Å². The molecular formula is C25H26N4O4S. The van der Waals surface area contributed by atoms with Gasteiger partial charge in [-0.15, -0.1) is 0 Å². The minimum absolute atomic E-state index is 0.00114. The molecule has 0 spiro atoms. The SMILES string of the molecule is CCOc1cc(/C=C2/C(=N)N3N=C(C)SC3=NC2=O)ccc1OCCOc1cc(C)ccc1C. The third kappa shape index (κ3) is 5.14. The van der Waals surface area contributed by atoms with Gasteiger partial charge in [0, 0.05) is 0 Å². The highest BCUT2D eigenvalue weighted by molar-refractivity contribution is 8.26. The number of amides is 1. The van der Waals surface area contributed by atoms with E-state index >= 15 is 0 Å². The maximum absolute atomic E-state index is 12.5. The van der Waals surface area contributed by atoms with Gasteiger partial charge >= 0.3 is 0 Å². The van der Waals surface area contributed by atoms with Gasteiger partial charge in [-0.25, -0.2) is 0 Å². The van der Waals surface area contributed by atoms with Crippen molar-refractivity contribution in [1.82, 2.24) is 5.01 Å². The van der Waals surface area contributed by atoms with Crippen LogP contribution >= 0.6 is 11.8 Å². The Morgan fingerprint density at radius 2 is 1.76 bits per heavy atom. The molecule has 0 unspecified atom stereocenters. The quantitative estimate of drug-likeness (QED) is 0.432. The Morgan fingerprint density at radius 3 is 2.53 bits per heavy atom. The van der Waals surface area contributed by atoms with Crippen LogP contribution in [0.3, 0.4) is 0 Å². The van der Waals surface area contributed by atoms with Crippen LogP contribution in [-0.4, -0.2) is 46.8 Å². The fraction of sp³-hybridized carbons (Fsp3) is 0.280. The Kier molecular flexibility index (Phi) is 7.02. The molecule has 0 saturated carbocycles. The molecule has 0 aromatic heterocycles. The van der Waals surface area contributed by atoms with E-state index in [9.17, 15) is 4.79 Å². The van der Waals surface area contributed by atoms with Crippen LogP contribution in [0.15, 0.2) is 52.1 Å². The lowest BCUT2D eigenvalue weighted by Crippen LogP contribution is -2.35. The van der Waals surface area contributed by atoms with Crippen LogP contribution in [0.2, 0.25) is 0 Å². The van der Waals surface area contributed by atoms with Gasteiger partial charge in [0.2, 0.25) is 5.17 Å². The summed E-state index contributed by atoms with van der Waals surface area (Å²) >= 11 is 1.28. The molecule has 2 aliphatic heterocycles. The second-order valence-electron chi connectivity index (χ2n) is 7.74. The van der Waals surface area contributed by atoms with Gasteiger partial charge in [0.05, 0.1) is 17.2 Å². The van der Waals surface area contributed by atoms with Crippen LogP contribution in [0, 0.1) is 19.3 Å². The third-order valence-electron chi connectivity index (χ3n) is 5.08. The number of nitrogens with zero attached hydrogens (tertiary/aromatic N) is 3. The molecule has 0 radical (unpaired) electrons. The lowest BCUT2D eigenvalue weighted by atomic mass is 10.1. The fourth-order valence-corrected chi connectivity index (χ4v) is 4.16. The second kappa shape index (κ2) is 10.1.